The Labute approximate surface area is 83.7 Å². The lowest BCUT2D eigenvalue weighted by molar-refractivity contribution is 0.474. The molecule has 1 rings (SSSR count). The zero-order valence-electron chi connectivity index (χ0n) is 9.56. The highest BCUT2D eigenvalue weighted by Gasteiger charge is 2.61. The maximum Gasteiger partial charge on any atom is 0.188 e. The Bertz CT molecular complexity index is 173. The third kappa shape index (κ3) is 1.99. The van der Waals surface area contributed by atoms with E-state index in [2.05, 4.69) is 26.9 Å². The molecular weight excluding hydrogens is 176 g/mol. The Morgan fingerprint density at radius 2 is 1.92 bits per heavy atom. The van der Waals surface area contributed by atoms with Gasteiger partial charge >= 0.3 is 0 Å². The van der Waals surface area contributed by atoms with Crippen LogP contribution in [0.5, 0.6) is 0 Å². The van der Waals surface area contributed by atoms with Gasteiger partial charge in [-0.05, 0) is 36.9 Å². The van der Waals surface area contributed by atoms with Crippen LogP contribution in [-0.2, 0) is 0 Å². The molecule has 1 aliphatic rings. The van der Waals surface area contributed by atoms with Gasteiger partial charge < -0.3 is 4.80 Å². The molecule has 2 atom stereocenters. The van der Waals surface area contributed by atoms with Crippen LogP contribution in [0.3, 0.4) is 0 Å². The molecule has 1 aliphatic carbocycles. The van der Waals surface area contributed by atoms with Gasteiger partial charge in [0.25, 0.3) is 0 Å². The highest BCUT2D eigenvalue weighted by atomic mass is 28.4. The standard InChI is InChI=1S/C11H24OSi/c1-5-7-10-9-11(10,8-6-2)13(3,4)12/h10,12H,5-9H2,1-4H3/t10-,11-/m0/s1. The van der Waals surface area contributed by atoms with Crippen molar-refractivity contribution in [2.45, 2.75) is 64.1 Å². The van der Waals surface area contributed by atoms with Gasteiger partial charge in [0.05, 0.1) is 0 Å². The van der Waals surface area contributed by atoms with E-state index in [1.165, 1.54) is 32.1 Å². The summed E-state index contributed by atoms with van der Waals surface area (Å²) < 4.78 is 0. The monoisotopic (exact) mass is 200 g/mol. The van der Waals surface area contributed by atoms with E-state index in [0.717, 1.165) is 5.92 Å². The van der Waals surface area contributed by atoms with Gasteiger partial charge in [-0.25, -0.2) is 0 Å². The quantitative estimate of drug-likeness (QED) is 0.673. The van der Waals surface area contributed by atoms with Crippen molar-refractivity contribution in [1.29, 1.82) is 0 Å². The largest absolute Gasteiger partial charge is 0.432 e. The summed E-state index contributed by atoms with van der Waals surface area (Å²) in [7, 11) is -1.90. The molecule has 0 heterocycles. The molecule has 1 saturated carbocycles. The lowest BCUT2D eigenvalue weighted by Crippen LogP contribution is -2.35. The third-order valence-electron chi connectivity index (χ3n) is 3.78. The van der Waals surface area contributed by atoms with E-state index in [9.17, 15) is 4.80 Å². The van der Waals surface area contributed by atoms with E-state index < -0.39 is 8.32 Å². The molecule has 0 radical (unpaired) electrons. The first-order chi connectivity index (χ1) is 5.98. The molecule has 1 fully saturated rings. The van der Waals surface area contributed by atoms with Crippen LogP contribution in [0.25, 0.3) is 0 Å². The van der Waals surface area contributed by atoms with Crippen molar-refractivity contribution >= 4 is 8.32 Å². The van der Waals surface area contributed by atoms with Gasteiger partial charge in [-0.15, -0.1) is 0 Å². The van der Waals surface area contributed by atoms with Crippen molar-refractivity contribution in [1.82, 2.24) is 0 Å². The molecule has 1 nitrogen and oxygen atoms in total. The van der Waals surface area contributed by atoms with Crippen molar-refractivity contribution in [2.75, 3.05) is 0 Å². The van der Waals surface area contributed by atoms with Gasteiger partial charge in [0.15, 0.2) is 8.32 Å². The van der Waals surface area contributed by atoms with E-state index in [1.54, 1.807) is 0 Å². The summed E-state index contributed by atoms with van der Waals surface area (Å²) in [6, 6.07) is 0. The van der Waals surface area contributed by atoms with Gasteiger partial charge in [-0.1, -0.05) is 33.1 Å². The van der Waals surface area contributed by atoms with Gasteiger partial charge in [-0.2, -0.15) is 0 Å². The number of rotatable bonds is 5. The van der Waals surface area contributed by atoms with E-state index in [4.69, 9.17) is 0 Å². The average molecular weight is 200 g/mol. The van der Waals surface area contributed by atoms with Crippen LogP contribution in [0.2, 0.25) is 18.1 Å². The van der Waals surface area contributed by atoms with Crippen LogP contribution in [-0.4, -0.2) is 13.1 Å². The summed E-state index contributed by atoms with van der Waals surface area (Å²) in [5.41, 5.74) is 0. The Balaban J connectivity index is 2.60. The molecule has 0 bridgehead atoms. The first-order valence-corrected chi connectivity index (χ1v) is 8.65. The molecular formula is C11H24OSi. The minimum atomic E-state index is -1.90. The predicted octanol–water partition coefficient (Wildman–Crippen LogP) is 3.54. The van der Waals surface area contributed by atoms with Crippen LogP contribution >= 0.6 is 0 Å². The number of hydrogen-bond acceptors (Lipinski definition) is 1. The number of hydrogen-bond donors (Lipinski definition) is 1. The molecule has 0 aromatic carbocycles. The third-order valence-corrected chi connectivity index (χ3v) is 7.08. The normalized spacial score (nSPS) is 33.5. The van der Waals surface area contributed by atoms with E-state index in [0.29, 0.717) is 5.04 Å². The Hall–Kier alpha value is 0.177. The first-order valence-electron chi connectivity index (χ1n) is 5.70. The van der Waals surface area contributed by atoms with Crippen molar-refractivity contribution < 1.29 is 4.80 Å². The Morgan fingerprint density at radius 3 is 2.31 bits per heavy atom. The zero-order valence-corrected chi connectivity index (χ0v) is 10.6. The molecule has 1 N–H and O–H groups in total. The summed E-state index contributed by atoms with van der Waals surface area (Å²) in [6.45, 7) is 8.74. The van der Waals surface area contributed by atoms with Crippen LogP contribution < -0.4 is 0 Å². The van der Waals surface area contributed by atoms with Crippen LogP contribution in [0.15, 0.2) is 0 Å². The predicted molar refractivity (Wildman–Crippen MR) is 60.3 cm³/mol. The van der Waals surface area contributed by atoms with Crippen LogP contribution in [0.1, 0.15) is 46.0 Å². The molecule has 78 valence electrons. The van der Waals surface area contributed by atoms with E-state index >= 15 is 0 Å². The second-order valence-electron chi connectivity index (χ2n) is 5.15. The SMILES string of the molecule is CCC[C@H]1C[C@]1(CCC)[Si](C)(C)O. The van der Waals surface area contributed by atoms with Gasteiger partial charge in [0, 0.05) is 0 Å². The molecule has 13 heavy (non-hydrogen) atoms. The molecule has 0 aromatic rings. The summed E-state index contributed by atoms with van der Waals surface area (Å²) in [5, 5.41) is 0.401. The minimum absolute atomic E-state index is 0.401. The van der Waals surface area contributed by atoms with Crippen molar-refractivity contribution in [3.8, 4) is 0 Å². The molecule has 2 heteroatoms. The van der Waals surface area contributed by atoms with Gasteiger partial charge in [0.1, 0.15) is 0 Å². The Kier molecular flexibility index (Phi) is 3.23. The fourth-order valence-electron chi connectivity index (χ4n) is 2.92. The van der Waals surface area contributed by atoms with E-state index in [-0.39, 0.29) is 0 Å². The lowest BCUT2D eigenvalue weighted by atomic mass is 10.1. The zero-order chi connectivity index (χ0) is 10.1. The van der Waals surface area contributed by atoms with Crippen molar-refractivity contribution in [3.05, 3.63) is 0 Å². The maximum absolute atomic E-state index is 10.3. The topological polar surface area (TPSA) is 20.2 Å². The maximum atomic E-state index is 10.3. The second kappa shape index (κ2) is 3.74. The first kappa shape index (κ1) is 11.3. The highest BCUT2D eigenvalue weighted by molar-refractivity contribution is 6.74. The summed E-state index contributed by atoms with van der Waals surface area (Å²) in [4.78, 5) is 10.3. The lowest BCUT2D eigenvalue weighted by Gasteiger charge is -2.28. The van der Waals surface area contributed by atoms with Crippen LogP contribution in [0, 0.1) is 5.92 Å². The average Bonchev–Trinajstić information content (AvgIpc) is 2.64. The molecule has 0 unspecified atom stereocenters. The van der Waals surface area contributed by atoms with Gasteiger partial charge in [0.2, 0.25) is 0 Å². The molecule has 0 spiro atoms. The van der Waals surface area contributed by atoms with Gasteiger partial charge in [-0.3, -0.25) is 0 Å². The summed E-state index contributed by atoms with van der Waals surface area (Å²) in [6.07, 6.45) is 6.41. The molecule has 0 aliphatic heterocycles. The fourth-order valence-corrected chi connectivity index (χ4v) is 5.67. The molecule has 0 saturated heterocycles. The van der Waals surface area contributed by atoms with Crippen LogP contribution in [0.4, 0.5) is 0 Å². The Morgan fingerprint density at radius 1 is 1.31 bits per heavy atom. The fraction of sp³-hybridized carbons (Fsp3) is 1.00. The highest BCUT2D eigenvalue weighted by Crippen LogP contribution is 2.69. The van der Waals surface area contributed by atoms with Crippen molar-refractivity contribution in [3.63, 3.8) is 0 Å². The smallest absolute Gasteiger partial charge is 0.188 e. The minimum Gasteiger partial charge on any atom is -0.432 e. The van der Waals surface area contributed by atoms with E-state index in [1.807, 2.05) is 0 Å². The second-order valence-corrected chi connectivity index (χ2v) is 9.27. The molecule has 0 amide bonds. The summed E-state index contributed by atoms with van der Waals surface area (Å²) in [5.74, 6) is 0.851. The van der Waals surface area contributed by atoms with Crippen molar-refractivity contribution in [2.24, 2.45) is 5.92 Å². The summed E-state index contributed by atoms with van der Waals surface area (Å²) >= 11 is 0. The molecule has 0 aromatic heterocycles.